The van der Waals surface area contributed by atoms with Gasteiger partial charge >= 0.3 is 0 Å². The van der Waals surface area contributed by atoms with Gasteiger partial charge in [-0.1, -0.05) is 0 Å². The predicted molar refractivity (Wildman–Crippen MR) is 64.8 cm³/mol. The van der Waals surface area contributed by atoms with Crippen LogP contribution in [0.4, 0.5) is 0 Å². The number of ether oxygens (including phenoxy) is 1. The SMILES string of the molecule is CC(C)N1C(=O)COC2CN(C(=O)C3CC3)CC21. The zero-order chi connectivity index (χ0) is 12.9. The van der Waals surface area contributed by atoms with Gasteiger partial charge in [0.05, 0.1) is 12.1 Å². The fourth-order valence-corrected chi connectivity index (χ4v) is 3.06. The zero-order valence-electron chi connectivity index (χ0n) is 11.0. The van der Waals surface area contributed by atoms with E-state index in [0.717, 1.165) is 12.8 Å². The third-order valence-electron chi connectivity index (χ3n) is 4.10. The van der Waals surface area contributed by atoms with Gasteiger partial charge in [-0.05, 0) is 26.7 Å². The van der Waals surface area contributed by atoms with Gasteiger partial charge in [0, 0.05) is 25.0 Å². The lowest BCUT2D eigenvalue weighted by Crippen LogP contribution is -2.56. The van der Waals surface area contributed by atoms with E-state index in [9.17, 15) is 9.59 Å². The third kappa shape index (κ3) is 1.90. The number of hydrogen-bond acceptors (Lipinski definition) is 3. The van der Waals surface area contributed by atoms with E-state index < -0.39 is 0 Å². The van der Waals surface area contributed by atoms with Crippen LogP contribution in [0.5, 0.6) is 0 Å². The summed E-state index contributed by atoms with van der Waals surface area (Å²) in [6.07, 6.45) is 2.06. The molecule has 2 aliphatic heterocycles. The van der Waals surface area contributed by atoms with Crippen LogP contribution in [0.3, 0.4) is 0 Å². The summed E-state index contributed by atoms with van der Waals surface area (Å²) in [6, 6.07) is 0.221. The number of likely N-dealkylation sites (tertiary alicyclic amines) is 1. The lowest BCUT2D eigenvalue weighted by Gasteiger charge is -2.39. The maximum absolute atomic E-state index is 12.1. The maximum Gasteiger partial charge on any atom is 0.249 e. The van der Waals surface area contributed by atoms with Crippen LogP contribution < -0.4 is 0 Å². The topological polar surface area (TPSA) is 49.9 Å². The number of fused-ring (bicyclic) bond motifs is 1. The summed E-state index contributed by atoms with van der Waals surface area (Å²) < 4.78 is 5.59. The minimum atomic E-state index is 0.00722. The van der Waals surface area contributed by atoms with Crippen LogP contribution in [0.15, 0.2) is 0 Å². The molecule has 0 aromatic rings. The van der Waals surface area contributed by atoms with Gasteiger partial charge in [-0.15, -0.1) is 0 Å². The molecule has 0 aromatic heterocycles. The van der Waals surface area contributed by atoms with Gasteiger partial charge in [-0.3, -0.25) is 9.59 Å². The van der Waals surface area contributed by atoms with Gasteiger partial charge in [-0.25, -0.2) is 0 Å². The van der Waals surface area contributed by atoms with Crippen molar-refractivity contribution in [2.75, 3.05) is 19.7 Å². The first-order valence-electron chi connectivity index (χ1n) is 6.79. The zero-order valence-corrected chi connectivity index (χ0v) is 11.0. The molecule has 0 bridgehead atoms. The number of rotatable bonds is 2. The molecule has 2 amide bonds. The average molecular weight is 252 g/mol. The third-order valence-corrected chi connectivity index (χ3v) is 4.10. The van der Waals surface area contributed by atoms with E-state index in [2.05, 4.69) is 0 Å². The van der Waals surface area contributed by atoms with Crippen LogP contribution in [-0.2, 0) is 14.3 Å². The highest BCUT2D eigenvalue weighted by Crippen LogP contribution is 2.34. The molecular weight excluding hydrogens is 232 g/mol. The second-order valence-electron chi connectivity index (χ2n) is 5.83. The van der Waals surface area contributed by atoms with Crippen molar-refractivity contribution >= 4 is 11.8 Å². The summed E-state index contributed by atoms with van der Waals surface area (Å²) in [5.41, 5.74) is 0. The number of nitrogens with zero attached hydrogens (tertiary/aromatic N) is 2. The quantitative estimate of drug-likeness (QED) is 0.707. The van der Waals surface area contributed by atoms with Crippen molar-refractivity contribution in [1.82, 2.24) is 9.80 Å². The molecule has 3 aliphatic rings. The molecule has 2 atom stereocenters. The summed E-state index contributed by atoms with van der Waals surface area (Å²) in [5.74, 6) is 0.546. The Morgan fingerprint density at radius 3 is 2.67 bits per heavy atom. The molecule has 0 aromatic carbocycles. The van der Waals surface area contributed by atoms with Gasteiger partial charge < -0.3 is 14.5 Å². The summed E-state index contributed by atoms with van der Waals surface area (Å²) in [6.45, 7) is 5.49. The molecule has 0 spiro atoms. The smallest absolute Gasteiger partial charge is 0.249 e. The molecule has 0 N–H and O–H groups in total. The lowest BCUT2D eigenvalue weighted by atomic mass is 10.1. The van der Waals surface area contributed by atoms with Crippen LogP contribution >= 0.6 is 0 Å². The number of hydrogen-bond donors (Lipinski definition) is 0. The van der Waals surface area contributed by atoms with E-state index in [-0.39, 0.29) is 42.5 Å². The Labute approximate surface area is 107 Å². The Morgan fingerprint density at radius 2 is 2.06 bits per heavy atom. The fourth-order valence-electron chi connectivity index (χ4n) is 3.06. The molecule has 3 fully saturated rings. The van der Waals surface area contributed by atoms with Crippen molar-refractivity contribution in [2.24, 2.45) is 5.92 Å². The van der Waals surface area contributed by atoms with Crippen LogP contribution in [-0.4, -0.2) is 59.5 Å². The number of carbonyl (C=O) groups excluding carboxylic acids is 2. The Kier molecular flexibility index (Phi) is 2.81. The summed E-state index contributed by atoms with van der Waals surface area (Å²) in [7, 11) is 0. The second-order valence-corrected chi connectivity index (χ2v) is 5.83. The van der Waals surface area contributed by atoms with E-state index in [0.29, 0.717) is 13.1 Å². The van der Waals surface area contributed by atoms with Crippen LogP contribution in [0.25, 0.3) is 0 Å². The highest BCUT2D eigenvalue weighted by molar-refractivity contribution is 5.82. The molecule has 2 heterocycles. The average Bonchev–Trinajstić information content (AvgIpc) is 3.07. The van der Waals surface area contributed by atoms with Crippen LogP contribution in [0, 0.1) is 5.92 Å². The van der Waals surface area contributed by atoms with Gasteiger partial charge in [0.1, 0.15) is 6.61 Å². The molecular formula is C13H20N2O3. The van der Waals surface area contributed by atoms with E-state index >= 15 is 0 Å². The monoisotopic (exact) mass is 252 g/mol. The van der Waals surface area contributed by atoms with E-state index in [1.54, 1.807) is 0 Å². The summed E-state index contributed by atoms with van der Waals surface area (Å²) >= 11 is 0. The molecule has 100 valence electrons. The van der Waals surface area contributed by atoms with E-state index in [1.807, 2.05) is 23.6 Å². The van der Waals surface area contributed by atoms with Crippen molar-refractivity contribution in [2.45, 2.75) is 44.9 Å². The first kappa shape index (κ1) is 12.0. The standard InChI is InChI=1S/C13H20N2O3/c1-8(2)15-10-5-14(13(17)9-3-4-9)6-11(10)18-7-12(15)16/h8-11H,3-7H2,1-2H3. The largest absolute Gasteiger partial charge is 0.364 e. The van der Waals surface area contributed by atoms with Crippen molar-refractivity contribution in [1.29, 1.82) is 0 Å². The minimum Gasteiger partial charge on any atom is -0.364 e. The molecule has 5 nitrogen and oxygen atoms in total. The first-order valence-corrected chi connectivity index (χ1v) is 6.79. The van der Waals surface area contributed by atoms with Gasteiger partial charge in [0.15, 0.2) is 0 Å². The second kappa shape index (κ2) is 4.23. The summed E-state index contributed by atoms with van der Waals surface area (Å²) in [4.78, 5) is 27.8. The van der Waals surface area contributed by atoms with E-state index in [1.165, 1.54) is 0 Å². The molecule has 5 heteroatoms. The fraction of sp³-hybridized carbons (Fsp3) is 0.846. The molecule has 18 heavy (non-hydrogen) atoms. The number of carbonyl (C=O) groups is 2. The Balaban J connectivity index is 1.74. The minimum absolute atomic E-state index is 0.00722. The van der Waals surface area contributed by atoms with Gasteiger partial charge in [-0.2, -0.15) is 0 Å². The van der Waals surface area contributed by atoms with Crippen molar-refractivity contribution in [3.8, 4) is 0 Å². The first-order chi connectivity index (χ1) is 8.58. The molecule has 2 unspecified atom stereocenters. The lowest BCUT2D eigenvalue weighted by molar-refractivity contribution is -0.155. The molecule has 2 saturated heterocycles. The van der Waals surface area contributed by atoms with Crippen molar-refractivity contribution in [3.63, 3.8) is 0 Å². The molecule has 1 aliphatic carbocycles. The number of amides is 2. The predicted octanol–water partition coefficient (Wildman–Crippen LogP) is 0.243. The van der Waals surface area contributed by atoms with Crippen LogP contribution in [0.2, 0.25) is 0 Å². The normalized spacial score (nSPS) is 32.1. The molecule has 1 saturated carbocycles. The van der Waals surface area contributed by atoms with Gasteiger partial charge in [0.2, 0.25) is 11.8 Å². The Hall–Kier alpha value is -1.10. The number of morpholine rings is 1. The van der Waals surface area contributed by atoms with Crippen molar-refractivity contribution < 1.29 is 14.3 Å². The Bertz CT molecular complexity index is 378. The highest BCUT2D eigenvalue weighted by atomic mass is 16.5. The van der Waals surface area contributed by atoms with Crippen LogP contribution in [0.1, 0.15) is 26.7 Å². The summed E-state index contributed by atoms with van der Waals surface area (Å²) in [5, 5.41) is 0. The molecule has 0 radical (unpaired) electrons. The highest BCUT2D eigenvalue weighted by Gasteiger charge is 2.47. The Morgan fingerprint density at radius 1 is 1.33 bits per heavy atom. The van der Waals surface area contributed by atoms with Gasteiger partial charge in [0.25, 0.3) is 0 Å². The maximum atomic E-state index is 12.1. The van der Waals surface area contributed by atoms with Crippen molar-refractivity contribution in [3.05, 3.63) is 0 Å². The van der Waals surface area contributed by atoms with E-state index in [4.69, 9.17) is 4.74 Å². The molecule has 3 rings (SSSR count).